The fourth-order valence-electron chi connectivity index (χ4n) is 1.80. The van der Waals surface area contributed by atoms with E-state index in [1.54, 1.807) is 6.07 Å². The van der Waals surface area contributed by atoms with E-state index in [4.69, 9.17) is 25.8 Å². The van der Waals surface area contributed by atoms with Crippen LogP contribution < -0.4 is 14.2 Å². The van der Waals surface area contributed by atoms with Gasteiger partial charge < -0.3 is 14.2 Å². The van der Waals surface area contributed by atoms with Crippen molar-refractivity contribution in [2.24, 2.45) is 0 Å². The van der Waals surface area contributed by atoms with Gasteiger partial charge in [-0.15, -0.1) is 0 Å². The number of ether oxygens (including phenoxy) is 3. The quantitative estimate of drug-likeness (QED) is 0.832. The molecule has 1 aromatic rings. The minimum atomic E-state index is 0.0380. The highest BCUT2D eigenvalue weighted by atomic mass is 35.5. The van der Waals surface area contributed by atoms with Crippen LogP contribution in [0.2, 0.25) is 5.02 Å². The molecule has 17 heavy (non-hydrogen) atoms. The molecule has 0 aliphatic carbocycles. The maximum Gasteiger partial charge on any atom is 0.183 e. The Bertz CT molecular complexity index is 456. The second kappa shape index (κ2) is 4.84. The third-order valence-electron chi connectivity index (χ3n) is 2.45. The molecule has 5 heteroatoms. The van der Waals surface area contributed by atoms with Crippen LogP contribution in [0, 0.1) is 0 Å². The van der Waals surface area contributed by atoms with E-state index in [-0.39, 0.29) is 12.2 Å². The summed E-state index contributed by atoms with van der Waals surface area (Å²) in [6.45, 7) is 2.46. The zero-order valence-corrected chi connectivity index (χ0v) is 10.5. The summed E-state index contributed by atoms with van der Waals surface area (Å²) < 4.78 is 16.1. The molecule has 0 bridgehead atoms. The summed E-state index contributed by atoms with van der Waals surface area (Å²) in [6.07, 6.45) is 0.263. The molecule has 0 N–H and O–H groups in total. The van der Waals surface area contributed by atoms with Gasteiger partial charge in [0, 0.05) is 12.0 Å². The SMILES string of the molecule is COc1c(CC(C)=O)cc2c(c1Cl)OCCO2. The largest absolute Gasteiger partial charge is 0.495 e. The first-order valence-corrected chi connectivity index (χ1v) is 5.65. The Morgan fingerprint density at radius 1 is 1.47 bits per heavy atom. The molecular formula is C12H13ClO4. The summed E-state index contributed by atoms with van der Waals surface area (Å²) in [5.74, 6) is 1.57. The fraction of sp³-hybridized carbons (Fsp3) is 0.417. The van der Waals surface area contributed by atoms with Crippen LogP contribution in [-0.2, 0) is 11.2 Å². The van der Waals surface area contributed by atoms with Crippen molar-refractivity contribution in [3.8, 4) is 17.2 Å². The summed E-state index contributed by atoms with van der Waals surface area (Å²) in [4.78, 5) is 11.2. The van der Waals surface area contributed by atoms with Crippen molar-refractivity contribution in [3.05, 3.63) is 16.7 Å². The number of Topliss-reactive ketones (excluding diaryl/α,β-unsaturated/α-hetero) is 1. The molecule has 92 valence electrons. The summed E-state index contributed by atoms with van der Waals surface area (Å²) in [5, 5.41) is 0.362. The van der Waals surface area contributed by atoms with Gasteiger partial charge in [0.1, 0.15) is 29.8 Å². The maximum atomic E-state index is 11.2. The molecule has 2 rings (SSSR count). The van der Waals surface area contributed by atoms with Gasteiger partial charge >= 0.3 is 0 Å². The number of hydrogen-bond acceptors (Lipinski definition) is 4. The van der Waals surface area contributed by atoms with Crippen LogP contribution in [0.1, 0.15) is 12.5 Å². The topological polar surface area (TPSA) is 44.8 Å². The van der Waals surface area contributed by atoms with Crippen molar-refractivity contribution in [1.82, 2.24) is 0 Å². The first-order chi connectivity index (χ1) is 8.13. The van der Waals surface area contributed by atoms with Crippen molar-refractivity contribution in [3.63, 3.8) is 0 Å². The highest BCUT2D eigenvalue weighted by Gasteiger charge is 2.22. The second-order valence-corrected chi connectivity index (χ2v) is 4.16. The molecule has 0 fully saturated rings. The van der Waals surface area contributed by atoms with Crippen LogP contribution >= 0.6 is 11.6 Å². The Hall–Kier alpha value is -1.42. The van der Waals surface area contributed by atoms with Gasteiger partial charge in [-0.1, -0.05) is 11.6 Å². The van der Waals surface area contributed by atoms with Gasteiger partial charge in [0.15, 0.2) is 11.5 Å². The average molecular weight is 257 g/mol. The monoisotopic (exact) mass is 256 g/mol. The van der Waals surface area contributed by atoms with Gasteiger partial charge in [0.2, 0.25) is 0 Å². The number of carbonyl (C=O) groups excluding carboxylic acids is 1. The molecule has 0 amide bonds. The Labute approximate surface area is 104 Å². The lowest BCUT2D eigenvalue weighted by molar-refractivity contribution is -0.116. The number of ketones is 1. The number of halogens is 1. The molecule has 1 aromatic carbocycles. The Balaban J connectivity index is 2.51. The van der Waals surface area contributed by atoms with Crippen LogP contribution in [0.4, 0.5) is 0 Å². The number of fused-ring (bicyclic) bond motifs is 1. The van der Waals surface area contributed by atoms with Crippen LogP contribution in [0.3, 0.4) is 0 Å². The van der Waals surface area contributed by atoms with Gasteiger partial charge in [0.25, 0.3) is 0 Å². The zero-order valence-electron chi connectivity index (χ0n) is 9.71. The molecule has 0 saturated heterocycles. The summed E-state index contributed by atoms with van der Waals surface area (Å²) in [6, 6.07) is 1.75. The molecule has 0 unspecified atom stereocenters. The predicted octanol–water partition coefficient (Wildman–Crippen LogP) is 2.25. The lowest BCUT2D eigenvalue weighted by Crippen LogP contribution is -2.16. The van der Waals surface area contributed by atoms with E-state index in [9.17, 15) is 4.79 Å². The van der Waals surface area contributed by atoms with Crippen molar-refractivity contribution in [2.75, 3.05) is 20.3 Å². The molecule has 0 spiro atoms. The van der Waals surface area contributed by atoms with Crippen LogP contribution in [0.25, 0.3) is 0 Å². The summed E-state index contributed by atoms with van der Waals surface area (Å²) >= 11 is 6.17. The first-order valence-electron chi connectivity index (χ1n) is 5.28. The Morgan fingerprint density at radius 3 is 2.82 bits per heavy atom. The van der Waals surface area contributed by atoms with Crippen LogP contribution in [0.15, 0.2) is 6.07 Å². The van der Waals surface area contributed by atoms with E-state index in [0.717, 1.165) is 0 Å². The number of hydrogen-bond donors (Lipinski definition) is 0. The van der Waals surface area contributed by atoms with E-state index in [2.05, 4.69) is 0 Å². The lowest BCUT2D eigenvalue weighted by atomic mass is 10.1. The number of benzene rings is 1. The molecule has 1 aliphatic rings. The van der Waals surface area contributed by atoms with E-state index < -0.39 is 0 Å². The number of carbonyl (C=O) groups is 1. The maximum absolute atomic E-state index is 11.2. The molecule has 4 nitrogen and oxygen atoms in total. The Morgan fingerprint density at radius 2 is 2.18 bits per heavy atom. The Kier molecular flexibility index (Phi) is 3.43. The molecule has 1 heterocycles. The molecule has 0 saturated carbocycles. The summed E-state index contributed by atoms with van der Waals surface area (Å²) in [5.41, 5.74) is 0.717. The average Bonchev–Trinajstić information content (AvgIpc) is 2.29. The standard InChI is InChI=1S/C12H13ClO4/c1-7(14)5-8-6-9-12(17-4-3-16-9)10(13)11(8)15-2/h6H,3-5H2,1-2H3. The smallest absolute Gasteiger partial charge is 0.183 e. The highest BCUT2D eigenvalue weighted by molar-refractivity contribution is 6.34. The fourth-order valence-corrected chi connectivity index (χ4v) is 2.15. The van der Waals surface area contributed by atoms with Crippen LogP contribution in [0.5, 0.6) is 17.2 Å². The number of methoxy groups -OCH3 is 1. The second-order valence-electron chi connectivity index (χ2n) is 3.79. The summed E-state index contributed by atoms with van der Waals surface area (Å²) in [7, 11) is 1.51. The minimum absolute atomic E-state index is 0.0380. The van der Waals surface area contributed by atoms with Gasteiger partial charge in [0.05, 0.1) is 7.11 Å². The first kappa shape index (κ1) is 12.0. The third-order valence-corrected chi connectivity index (χ3v) is 2.79. The normalized spacial score (nSPS) is 13.4. The predicted molar refractivity (Wildman–Crippen MR) is 63.4 cm³/mol. The molecule has 1 aliphatic heterocycles. The molecule has 0 aromatic heterocycles. The van der Waals surface area contributed by atoms with Crippen molar-refractivity contribution < 1.29 is 19.0 Å². The highest BCUT2D eigenvalue weighted by Crippen LogP contribution is 2.45. The van der Waals surface area contributed by atoms with Crippen molar-refractivity contribution in [2.45, 2.75) is 13.3 Å². The minimum Gasteiger partial charge on any atom is -0.495 e. The number of rotatable bonds is 3. The van der Waals surface area contributed by atoms with Crippen molar-refractivity contribution >= 4 is 17.4 Å². The van der Waals surface area contributed by atoms with Gasteiger partial charge in [-0.3, -0.25) is 4.79 Å². The third kappa shape index (κ3) is 2.31. The van der Waals surface area contributed by atoms with E-state index in [1.165, 1.54) is 14.0 Å². The molecular weight excluding hydrogens is 244 g/mol. The van der Waals surface area contributed by atoms with Crippen molar-refractivity contribution in [1.29, 1.82) is 0 Å². The lowest BCUT2D eigenvalue weighted by Gasteiger charge is -2.22. The zero-order chi connectivity index (χ0) is 12.4. The molecule has 0 radical (unpaired) electrons. The van der Waals surface area contributed by atoms with E-state index >= 15 is 0 Å². The molecule has 0 atom stereocenters. The van der Waals surface area contributed by atoms with Crippen LogP contribution in [-0.4, -0.2) is 26.1 Å². The van der Waals surface area contributed by atoms with Gasteiger partial charge in [-0.05, 0) is 13.0 Å². The van der Waals surface area contributed by atoms with Gasteiger partial charge in [-0.2, -0.15) is 0 Å². The van der Waals surface area contributed by atoms with Gasteiger partial charge in [-0.25, -0.2) is 0 Å². The van der Waals surface area contributed by atoms with E-state index in [1.807, 2.05) is 0 Å². The van der Waals surface area contributed by atoms with E-state index in [0.29, 0.717) is 41.0 Å².